The largest absolute Gasteiger partial charge is 0.479 e. The number of nitrogens with two attached hydrogens (primary N) is 1. The van der Waals surface area contributed by atoms with Crippen LogP contribution < -0.4 is 20.1 Å². The van der Waals surface area contributed by atoms with Crippen LogP contribution in [0.4, 0.5) is 14.7 Å². The molecular formula is C36H44F2N7O6P. The van der Waals surface area contributed by atoms with E-state index in [1.807, 2.05) is 57.4 Å². The van der Waals surface area contributed by atoms with Gasteiger partial charge in [-0.2, -0.15) is 9.97 Å². The van der Waals surface area contributed by atoms with Crippen LogP contribution in [-0.4, -0.2) is 56.3 Å². The fourth-order valence-electron chi connectivity index (χ4n) is 5.81. The number of nitrogens with zero attached hydrogens (tertiary/aromatic N) is 5. The summed E-state index contributed by atoms with van der Waals surface area (Å²) in [7, 11) is -0.484. The summed E-state index contributed by atoms with van der Waals surface area (Å²) in [5.41, 5.74) is 7.73. The second-order valence-corrected chi connectivity index (χ2v) is 13.5. The predicted octanol–water partition coefficient (Wildman–Crippen LogP) is 7.18. The van der Waals surface area contributed by atoms with Gasteiger partial charge in [-0.05, 0) is 55.7 Å². The van der Waals surface area contributed by atoms with Crippen molar-refractivity contribution in [2.75, 3.05) is 19.5 Å². The molecule has 0 saturated carbocycles. The van der Waals surface area contributed by atoms with Crippen molar-refractivity contribution in [1.82, 2.24) is 29.6 Å². The molecule has 1 aliphatic heterocycles. The highest BCUT2D eigenvalue weighted by Crippen LogP contribution is 2.43. The molecular weight excluding hydrogens is 695 g/mol. The Morgan fingerprint density at radius 1 is 1.13 bits per heavy atom. The molecule has 4 unspecified atom stereocenters. The van der Waals surface area contributed by atoms with Crippen LogP contribution in [0.25, 0.3) is 22.1 Å². The smallest absolute Gasteiger partial charge is 0.324 e. The van der Waals surface area contributed by atoms with Crippen LogP contribution in [-0.2, 0) is 25.4 Å². The fourth-order valence-corrected chi connectivity index (χ4v) is 7.26. The molecule has 5 atom stereocenters. The Morgan fingerprint density at radius 3 is 2.65 bits per heavy atom. The Morgan fingerprint density at radius 2 is 1.92 bits per heavy atom. The van der Waals surface area contributed by atoms with Crippen molar-refractivity contribution in [3.05, 3.63) is 77.8 Å². The number of hydrogen-bond donors (Lipinski definition) is 2. The van der Waals surface area contributed by atoms with E-state index >= 15 is 0 Å². The number of halogens is 2. The average Bonchev–Trinajstić information content (AvgIpc) is 3.66. The van der Waals surface area contributed by atoms with Gasteiger partial charge in [-0.15, -0.1) is 0 Å². The molecule has 52 heavy (non-hydrogen) atoms. The lowest BCUT2D eigenvalue weighted by molar-refractivity contribution is -0.148. The van der Waals surface area contributed by atoms with E-state index in [1.165, 1.54) is 13.2 Å². The molecule has 0 aliphatic carbocycles. The minimum Gasteiger partial charge on any atom is -0.479 e. The molecule has 0 radical (unpaired) electrons. The number of carbonyl (C=O) groups is 1. The zero-order valence-electron chi connectivity index (χ0n) is 30.2. The molecule has 5 aromatic rings. The van der Waals surface area contributed by atoms with Gasteiger partial charge < -0.3 is 29.0 Å². The summed E-state index contributed by atoms with van der Waals surface area (Å²) >= 11 is 0. The van der Waals surface area contributed by atoms with Crippen molar-refractivity contribution in [3.63, 3.8) is 0 Å². The minimum atomic E-state index is -1.98. The molecule has 0 spiro atoms. The maximum Gasteiger partial charge on any atom is 0.324 e. The van der Waals surface area contributed by atoms with Gasteiger partial charge in [0.25, 0.3) is 0 Å². The zero-order chi connectivity index (χ0) is 37.5. The first kappa shape index (κ1) is 38.7. The van der Waals surface area contributed by atoms with Crippen LogP contribution in [0.15, 0.2) is 54.7 Å². The summed E-state index contributed by atoms with van der Waals surface area (Å²) in [6.45, 7) is 11.3. The van der Waals surface area contributed by atoms with Gasteiger partial charge in [0.05, 0.1) is 25.3 Å². The first-order valence-corrected chi connectivity index (χ1v) is 18.2. The molecule has 0 amide bonds. The number of hydrogen-bond acceptors (Lipinski definition) is 12. The number of nitrogens with one attached hydrogen (secondary N) is 1. The SMILES string of the molecule is CC.COc1nc(N)nc2c1nc(C)n2C1O[C@H](COP(NC(C(=O)OCc2ccc(F)cc2F)C(C)C)Oc2cccc3ncccc23)CC1C. The highest BCUT2D eigenvalue weighted by Gasteiger charge is 2.38. The van der Waals surface area contributed by atoms with E-state index in [2.05, 4.69) is 31.9 Å². The molecule has 1 fully saturated rings. The average molecular weight is 740 g/mol. The summed E-state index contributed by atoms with van der Waals surface area (Å²) in [5, 5.41) is 3.97. The van der Waals surface area contributed by atoms with Gasteiger partial charge >= 0.3 is 14.5 Å². The summed E-state index contributed by atoms with van der Waals surface area (Å²) in [6.07, 6.45) is 1.54. The third-order valence-electron chi connectivity index (χ3n) is 8.32. The maximum atomic E-state index is 14.3. The van der Waals surface area contributed by atoms with Gasteiger partial charge in [-0.3, -0.25) is 14.3 Å². The van der Waals surface area contributed by atoms with E-state index in [0.29, 0.717) is 29.2 Å². The Kier molecular flexibility index (Phi) is 12.9. The topological polar surface area (TPSA) is 158 Å². The highest BCUT2D eigenvalue weighted by atomic mass is 31.2. The minimum absolute atomic E-state index is 0.0383. The molecule has 3 N–H and O–H groups in total. The highest BCUT2D eigenvalue weighted by molar-refractivity contribution is 7.45. The predicted molar refractivity (Wildman–Crippen MR) is 193 cm³/mol. The molecule has 4 heterocycles. The Hall–Kier alpha value is -4.56. The van der Waals surface area contributed by atoms with Crippen LogP contribution >= 0.6 is 8.53 Å². The van der Waals surface area contributed by atoms with Gasteiger partial charge in [0.2, 0.25) is 11.8 Å². The van der Waals surface area contributed by atoms with E-state index in [0.717, 1.165) is 23.0 Å². The first-order chi connectivity index (χ1) is 25.0. The van der Waals surface area contributed by atoms with Crippen molar-refractivity contribution < 1.29 is 36.8 Å². The number of imidazole rings is 1. The standard InChI is InChI=1S/C34H38F2N7O6P.C2H6/c1-18(2)28(33(44)46-16-21-11-12-22(35)15-25(21)36)42-50(49-27-10-6-9-26-24(27)8-7-13-38-26)47-17-23-14-19(3)32(48-23)43-20(4)39-29-30(43)40-34(37)41-31(29)45-5;1-2/h6-13,15,18-19,23,28,32,42H,14,16-17H2,1-5H3,(H2,37,40,41);1-2H3/t19?,23-,28?,32?,50?;/m0./s1. The number of anilines is 1. The lowest BCUT2D eigenvalue weighted by Gasteiger charge is -2.27. The van der Waals surface area contributed by atoms with Gasteiger partial charge in [-0.1, -0.05) is 40.7 Å². The van der Waals surface area contributed by atoms with Crippen LogP contribution in [0.5, 0.6) is 11.6 Å². The Labute approximate surface area is 302 Å². The second kappa shape index (κ2) is 17.3. The number of ether oxygens (including phenoxy) is 3. The number of aromatic nitrogens is 5. The van der Waals surface area contributed by atoms with Crippen molar-refractivity contribution in [2.45, 2.75) is 72.9 Å². The van der Waals surface area contributed by atoms with E-state index in [9.17, 15) is 13.6 Å². The molecule has 2 aromatic carbocycles. The van der Waals surface area contributed by atoms with E-state index in [4.69, 9.17) is 29.0 Å². The zero-order valence-corrected chi connectivity index (χ0v) is 31.1. The van der Waals surface area contributed by atoms with Crippen molar-refractivity contribution in [3.8, 4) is 11.6 Å². The number of methoxy groups -OCH3 is 1. The van der Waals surface area contributed by atoms with Crippen molar-refractivity contribution in [2.24, 2.45) is 11.8 Å². The molecule has 6 rings (SSSR count). The van der Waals surface area contributed by atoms with Gasteiger partial charge in [0.15, 0.2) is 11.2 Å². The first-order valence-electron chi connectivity index (χ1n) is 17.0. The van der Waals surface area contributed by atoms with Crippen molar-refractivity contribution in [1.29, 1.82) is 0 Å². The van der Waals surface area contributed by atoms with Crippen LogP contribution in [0.1, 0.15) is 58.7 Å². The number of nitrogen functional groups attached to an aromatic ring is 1. The third-order valence-corrected chi connectivity index (χ3v) is 9.55. The number of pyridine rings is 1. The summed E-state index contributed by atoms with van der Waals surface area (Å²) < 4.78 is 59.7. The molecule has 13 nitrogen and oxygen atoms in total. The van der Waals surface area contributed by atoms with Crippen LogP contribution in [0, 0.1) is 30.4 Å². The van der Waals surface area contributed by atoms with E-state index in [-0.39, 0.29) is 48.5 Å². The summed E-state index contributed by atoms with van der Waals surface area (Å²) in [4.78, 5) is 31.0. The van der Waals surface area contributed by atoms with Gasteiger partial charge in [-0.25, -0.2) is 18.9 Å². The summed E-state index contributed by atoms with van der Waals surface area (Å²) in [6, 6.07) is 11.4. The maximum absolute atomic E-state index is 14.3. The van der Waals surface area contributed by atoms with Gasteiger partial charge in [0, 0.05) is 29.1 Å². The molecule has 0 bridgehead atoms. The molecule has 1 saturated heterocycles. The molecule has 16 heteroatoms. The second-order valence-electron chi connectivity index (χ2n) is 12.3. The van der Waals surface area contributed by atoms with Gasteiger partial charge in [0.1, 0.15) is 42.1 Å². The fraction of sp³-hybridized carbons (Fsp3) is 0.417. The van der Waals surface area contributed by atoms with E-state index in [1.54, 1.807) is 18.3 Å². The van der Waals surface area contributed by atoms with Crippen LogP contribution in [0.3, 0.4) is 0 Å². The monoisotopic (exact) mass is 739 g/mol. The lowest BCUT2D eigenvalue weighted by Crippen LogP contribution is -2.40. The number of carbonyl (C=O) groups excluding carboxylic acids is 1. The van der Waals surface area contributed by atoms with Crippen LogP contribution in [0.2, 0.25) is 0 Å². The number of benzene rings is 2. The number of aryl methyl sites for hydroxylation is 1. The Balaban J connectivity index is 0.00000257. The Bertz CT molecular complexity index is 2000. The third kappa shape index (κ3) is 8.72. The lowest BCUT2D eigenvalue weighted by atomic mass is 10.1. The molecule has 278 valence electrons. The summed E-state index contributed by atoms with van der Waals surface area (Å²) in [5.74, 6) is -0.910. The molecule has 3 aromatic heterocycles. The number of esters is 1. The van der Waals surface area contributed by atoms with E-state index < -0.39 is 38.4 Å². The number of rotatable bonds is 13. The number of fused-ring (bicyclic) bond motifs is 2. The van der Waals surface area contributed by atoms with Crippen molar-refractivity contribution >= 4 is 42.5 Å². The normalized spacial score (nSPS) is 18.2. The molecule has 1 aliphatic rings. The quantitative estimate of drug-likeness (QED) is 0.0927.